The number of hydrazine groups is 2. The lowest BCUT2D eigenvalue weighted by molar-refractivity contribution is -0.122. The predicted molar refractivity (Wildman–Crippen MR) is 145 cm³/mol. The van der Waals surface area contributed by atoms with Crippen LogP contribution in [0.4, 0.5) is 11.4 Å². The molecule has 0 bridgehead atoms. The minimum absolute atomic E-state index is 0.212. The number of carbonyl (C=O) groups excluding carboxylic acids is 6. The Labute approximate surface area is 226 Å². The summed E-state index contributed by atoms with van der Waals surface area (Å²) in [6.45, 7) is 2.78. The average molecular weight is 539 g/mol. The maximum Gasteiger partial charge on any atom is 0.269 e. The second kappa shape index (κ2) is 16.2. The van der Waals surface area contributed by atoms with Crippen LogP contribution in [0.1, 0.15) is 79.5 Å². The van der Waals surface area contributed by atoms with Crippen molar-refractivity contribution in [2.75, 3.05) is 10.6 Å². The molecule has 2 aromatic rings. The van der Waals surface area contributed by atoms with Gasteiger partial charge in [-0.05, 0) is 61.4 Å². The summed E-state index contributed by atoms with van der Waals surface area (Å²) >= 11 is 0. The Morgan fingerprint density at radius 1 is 0.487 bits per heavy atom. The molecule has 12 heteroatoms. The number of hydrogen-bond donors (Lipinski definition) is 6. The quantitative estimate of drug-likeness (QED) is 0.179. The monoisotopic (exact) mass is 538 g/mol. The van der Waals surface area contributed by atoms with E-state index < -0.39 is 11.8 Å². The van der Waals surface area contributed by atoms with Gasteiger partial charge in [0.15, 0.2) is 0 Å². The fourth-order valence-electron chi connectivity index (χ4n) is 3.44. The van der Waals surface area contributed by atoms with Crippen LogP contribution in [0.3, 0.4) is 0 Å². The second-order valence-corrected chi connectivity index (χ2v) is 8.79. The number of hydrogen-bond acceptors (Lipinski definition) is 6. The molecular weight excluding hydrogens is 504 g/mol. The molecule has 0 saturated carbocycles. The molecule has 12 nitrogen and oxygen atoms in total. The zero-order valence-electron chi connectivity index (χ0n) is 22.0. The average Bonchev–Trinajstić information content (AvgIpc) is 2.90. The van der Waals surface area contributed by atoms with Crippen LogP contribution in [0.5, 0.6) is 0 Å². The first-order valence-corrected chi connectivity index (χ1v) is 12.6. The van der Waals surface area contributed by atoms with Gasteiger partial charge in [-0.1, -0.05) is 19.3 Å². The summed E-state index contributed by atoms with van der Waals surface area (Å²) < 4.78 is 0. The van der Waals surface area contributed by atoms with Gasteiger partial charge >= 0.3 is 0 Å². The Morgan fingerprint density at radius 2 is 0.821 bits per heavy atom. The van der Waals surface area contributed by atoms with Gasteiger partial charge in [0, 0.05) is 49.2 Å². The molecule has 0 aromatic heterocycles. The molecule has 0 aliphatic heterocycles. The predicted octanol–water partition coefficient (Wildman–Crippen LogP) is 2.56. The van der Waals surface area contributed by atoms with Crippen molar-refractivity contribution in [2.24, 2.45) is 0 Å². The fourth-order valence-corrected chi connectivity index (χ4v) is 3.44. The summed E-state index contributed by atoms with van der Waals surface area (Å²) in [5, 5.41) is 5.21. The Hall–Kier alpha value is -4.74. The molecule has 6 N–H and O–H groups in total. The van der Waals surface area contributed by atoms with Crippen LogP contribution in [-0.4, -0.2) is 35.4 Å². The van der Waals surface area contributed by atoms with Gasteiger partial charge in [-0.15, -0.1) is 0 Å². The van der Waals surface area contributed by atoms with Gasteiger partial charge in [0.2, 0.25) is 23.6 Å². The van der Waals surface area contributed by atoms with Gasteiger partial charge in [-0.3, -0.25) is 50.5 Å². The molecule has 0 saturated heterocycles. The number of rotatable bonds is 12. The first-order chi connectivity index (χ1) is 18.6. The maximum absolute atomic E-state index is 12.1. The van der Waals surface area contributed by atoms with Gasteiger partial charge in [-0.25, -0.2) is 0 Å². The molecule has 0 unspecified atom stereocenters. The lowest BCUT2D eigenvalue weighted by Gasteiger charge is -2.09. The molecule has 6 amide bonds. The van der Waals surface area contributed by atoms with E-state index in [1.54, 1.807) is 24.3 Å². The minimum Gasteiger partial charge on any atom is -0.326 e. The number of anilines is 2. The third-order valence-corrected chi connectivity index (χ3v) is 5.37. The van der Waals surface area contributed by atoms with Gasteiger partial charge in [-0.2, -0.15) is 0 Å². The van der Waals surface area contributed by atoms with Crippen LogP contribution in [0, 0.1) is 0 Å². The molecule has 2 rings (SSSR count). The van der Waals surface area contributed by atoms with Gasteiger partial charge in [0.05, 0.1) is 0 Å². The van der Waals surface area contributed by atoms with Crippen LogP contribution in [0.15, 0.2) is 48.5 Å². The van der Waals surface area contributed by atoms with Crippen LogP contribution in [0.25, 0.3) is 0 Å². The number of nitrogens with one attached hydrogen (secondary N) is 6. The molecule has 0 radical (unpaired) electrons. The van der Waals surface area contributed by atoms with E-state index >= 15 is 0 Å². The largest absolute Gasteiger partial charge is 0.326 e. The topological polar surface area (TPSA) is 175 Å². The van der Waals surface area contributed by atoms with E-state index in [1.807, 2.05) is 0 Å². The number of amides is 6. The van der Waals surface area contributed by atoms with Gasteiger partial charge in [0.1, 0.15) is 0 Å². The summed E-state index contributed by atoms with van der Waals surface area (Å²) in [6, 6.07) is 12.5. The van der Waals surface area contributed by atoms with E-state index in [-0.39, 0.29) is 36.5 Å². The van der Waals surface area contributed by atoms with Crippen LogP contribution >= 0.6 is 0 Å². The molecule has 0 aliphatic carbocycles. The van der Waals surface area contributed by atoms with Crippen molar-refractivity contribution in [3.63, 3.8) is 0 Å². The third kappa shape index (κ3) is 12.4. The smallest absolute Gasteiger partial charge is 0.269 e. The summed E-state index contributed by atoms with van der Waals surface area (Å²) in [4.78, 5) is 70.2. The van der Waals surface area contributed by atoms with E-state index in [0.717, 1.165) is 19.3 Å². The SMILES string of the molecule is CC(=O)Nc1ccc(C(=O)NNC(=O)CCCCCCCC(=O)NNC(=O)c2ccc(NC(C)=O)cc2)cc1. The Balaban J connectivity index is 1.51. The van der Waals surface area contributed by atoms with Crippen molar-refractivity contribution in [3.8, 4) is 0 Å². The Kier molecular flexibility index (Phi) is 12.6. The fraction of sp³-hybridized carbons (Fsp3) is 0.333. The molecule has 2 aromatic carbocycles. The summed E-state index contributed by atoms with van der Waals surface area (Å²) in [5.74, 6) is -1.97. The number of carbonyl (C=O) groups is 6. The number of benzene rings is 2. The van der Waals surface area contributed by atoms with Crippen LogP contribution < -0.4 is 32.3 Å². The third-order valence-electron chi connectivity index (χ3n) is 5.37. The Bertz CT molecular complexity index is 1070. The highest BCUT2D eigenvalue weighted by Crippen LogP contribution is 2.11. The van der Waals surface area contributed by atoms with Crippen molar-refractivity contribution in [1.29, 1.82) is 0 Å². The van der Waals surface area contributed by atoms with Crippen molar-refractivity contribution in [1.82, 2.24) is 21.7 Å². The molecule has 0 aliphatic rings. The molecule has 208 valence electrons. The highest BCUT2D eigenvalue weighted by atomic mass is 16.2. The Morgan fingerprint density at radius 3 is 1.15 bits per heavy atom. The van der Waals surface area contributed by atoms with E-state index in [0.29, 0.717) is 35.3 Å². The molecule has 0 spiro atoms. The maximum atomic E-state index is 12.1. The highest BCUT2D eigenvalue weighted by Gasteiger charge is 2.09. The molecule has 39 heavy (non-hydrogen) atoms. The van der Waals surface area contributed by atoms with Crippen LogP contribution in [-0.2, 0) is 19.2 Å². The van der Waals surface area contributed by atoms with E-state index in [9.17, 15) is 28.8 Å². The van der Waals surface area contributed by atoms with E-state index in [2.05, 4.69) is 32.3 Å². The lowest BCUT2D eigenvalue weighted by Crippen LogP contribution is -2.41. The first-order valence-electron chi connectivity index (χ1n) is 12.6. The van der Waals surface area contributed by atoms with Crippen molar-refractivity contribution >= 4 is 46.8 Å². The van der Waals surface area contributed by atoms with Crippen LogP contribution in [0.2, 0.25) is 0 Å². The normalized spacial score (nSPS) is 10.1. The molecule has 0 heterocycles. The molecule has 0 atom stereocenters. The molecule has 0 fully saturated rings. The summed E-state index contributed by atoms with van der Waals surface area (Å²) in [5.41, 5.74) is 11.3. The second-order valence-electron chi connectivity index (χ2n) is 8.79. The van der Waals surface area contributed by atoms with Gasteiger partial charge < -0.3 is 10.6 Å². The lowest BCUT2D eigenvalue weighted by atomic mass is 10.1. The first kappa shape index (κ1) is 30.5. The van der Waals surface area contributed by atoms with Crippen molar-refractivity contribution in [3.05, 3.63) is 59.7 Å². The van der Waals surface area contributed by atoms with Gasteiger partial charge in [0.25, 0.3) is 11.8 Å². The zero-order valence-corrected chi connectivity index (χ0v) is 22.0. The minimum atomic E-state index is -0.466. The van der Waals surface area contributed by atoms with Crippen molar-refractivity contribution in [2.45, 2.75) is 58.8 Å². The standard InChI is InChI=1S/C27H34N6O6/c1-18(34)28-22-14-10-20(11-15-22)26(38)32-30-24(36)8-6-4-3-5-7-9-25(37)31-33-27(39)21-12-16-23(17-13-21)29-19(2)35/h10-17H,3-9H2,1-2H3,(H,28,34)(H,29,35)(H,30,36)(H,31,37)(H,32,38)(H,33,39). The number of unbranched alkanes of at least 4 members (excludes halogenated alkanes) is 4. The molecular formula is C27H34N6O6. The summed E-state index contributed by atoms with van der Waals surface area (Å²) in [6.07, 6.45) is 4.19. The summed E-state index contributed by atoms with van der Waals surface area (Å²) in [7, 11) is 0. The van der Waals surface area contributed by atoms with E-state index in [4.69, 9.17) is 0 Å². The van der Waals surface area contributed by atoms with E-state index in [1.165, 1.54) is 38.1 Å². The highest BCUT2D eigenvalue weighted by molar-refractivity contribution is 5.97. The zero-order chi connectivity index (χ0) is 28.6. The van der Waals surface area contributed by atoms with Crippen molar-refractivity contribution < 1.29 is 28.8 Å².